The van der Waals surface area contributed by atoms with Gasteiger partial charge in [0.2, 0.25) is 11.8 Å². The molecular formula is C31H38ClN5O3. The summed E-state index contributed by atoms with van der Waals surface area (Å²) in [4.78, 5) is 44.5. The second kappa shape index (κ2) is 14.2. The molecule has 0 aliphatic carbocycles. The van der Waals surface area contributed by atoms with Crippen molar-refractivity contribution < 1.29 is 14.4 Å². The number of terminal acetylenes is 1. The molecule has 8 nitrogen and oxygen atoms in total. The molecule has 2 saturated heterocycles. The zero-order chi connectivity index (χ0) is 28.5. The number of halogens is 1. The smallest absolute Gasteiger partial charge is 0.334 e. The molecule has 2 aromatic rings. The van der Waals surface area contributed by atoms with E-state index in [1.165, 1.54) is 0 Å². The van der Waals surface area contributed by atoms with Crippen molar-refractivity contribution in [3.8, 4) is 12.3 Å². The molecule has 0 aromatic heterocycles. The van der Waals surface area contributed by atoms with E-state index in [0.717, 1.165) is 43.2 Å². The topological polar surface area (TPSA) is 76.2 Å². The highest BCUT2D eigenvalue weighted by atomic mass is 35.5. The van der Waals surface area contributed by atoms with E-state index >= 15 is 0 Å². The van der Waals surface area contributed by atoms with Crippen LogP contribution in [-0.2, 0) is 22.6 Å². The molecule has 2 aromatic carbocycles. The summed E-state index contributed by atoms with van der Waals surface area (Å²) in [5.41, 5.74) is 1.85. The van der Waals surface area contributed by atoms with Crippen LogP contribution in [0.3, 0.4) is 0 Å². The Hall–Kier alpha value is -3.54. The molecule has 4 amide bonds. The summed E-state index contributed by atoms with van der Waals surface area (Å²) in [6.07, 6.45) is 10.6. The molecule has 0 saturated carbocycles. The number of hydrogen-bond acceptors (Lipinski definition) is 4. The van der Waals surface area contributed by atoms with Gasteiger partial charge in [-0.3, -0.25) is 9.59 Å². The van der Waals surface area contributed by atoms with Crippen LogP contribution < -0.4 is 5.32 Å². The Morgan fingerprint density at radius 3 is 2.45 bits per heavy atom. The van der Waals surface area contributed by atoms with E-state index in [-0.39, 0.29) is 37.5 Å². The van der Waals surface area contributed by atoms with Gasteiger partial charge in [-0.1, -0.05) is 92.6 Å². The maximum Gasteiger partial charge on any atom is 0.334 e. The van der Waals surface area contributed by atoms with Gasteiger partial charge in [0.1, 0.15) is 12.2 Å². The first-order valence-electron chi connectivity index (χ1n) is 14.1. The van der Waals surface area contributed by atoms with Crippen molar-refractivity contribution in [3.63, 3.8) is 0 Å². The van der Waals surface area contributed by atoms with Crippen molar-refractivity contribution in [3.05, 3.63) is 70.7 Å². The minimum Gasteiger partial charge on any atom is -0.337 e. The molecular weight excluding hydrogens is 526 g/mol. The second-order valence-corrected chi connectivity index (χ2v) is 10.8. The lowest BCUT2D eigenvalue weighted by molar-refractivity contribution is -0.188. The van der Waals surface area contributed by atoms with Crippen molar-refractivity contribution >= 4 is 29.4 Å². The third-order valence-corrected chi connectivity index (χ3v) is 7.72. The minimum atomic E-state index is -0.736. The van der Waals surface area contributed by atoms with Crippen LogP contribution in [0.15, 0.2) is 54.6 Å². The molecule has 4 rings (SSSR count). The van der Waals surface area contributed by atoms with Crippen molar-refractivity contribution in [2.75, 3.05) is 26.2 Å². The minimum absolute atomic E-state index is 0.0825. The lowest BCUT2D eigenvalue weighted by atomic mass is 9.98. The lowest BCUT2D eigenvalue weighted by Gasteiger charge is -2.55. The first-order valence-corrected chi connectivity index (χ1v) is 14.4. The van der Waals surface area contributed by atoms with Crippen molar-refractivity contribution in [1.82, 2.24) is 25.1 Å². The van der Waals surface area contributed by atoms with Crippen molar-refractivity contribution in [2.24, 2.45) is 0 Å². The number of urea groups is 1. The third-order valence-electron chi connectivity index (χ3n) is 7.47. The van der Waals surface area contributed by atoms with E-state index in [4.69, 9.17) is 18.0 Å². The first kappa shape index (κ1) is 29.4. The van der Waals surface area contributed by atoms with Crippen LogP contribution in [0.25, 0.3) is 0 Å². The number of rotatable bonds is 11. The molecule has 2 fully saturated rings. The molecule has 9 heteroatoms. The number of carbonyl (C=O) groups excluding carboxylic acids is 3. The maximum atomic E-state index is 13.9. The summed E-state index contributed by atoms with van der Waals surface area (Å²) in [5.74, 6) is 2.27. The predicted molar refractivity (Wildman–Crippen MR) is 156 cm³/mol. The molecule has 2 aliphatic rings. The number of piperazine rings is 1. The summed E-state index contributed by atoms with van der Waals surface area (Å²) < 4.78 is 0. The highest BCUT2D eigenvalue weighted by molar-refractivity contribution is 6.30. The van der Waals surface area contributed by atoms with Gasteiger partial charge in [0, 0.05) is 24.5 Å². The molecule has 2 aliphatic heterocycles. The second-order valence-electron chi connectivity index (χ2n) is 10.3. The molecule has 0 radical (unpaired) electrons. The Balaban J connectivity index is 1.62. The normalized spacial score (nSPS) is 19.4. The van der Waals surface area contributed by atoms with E-state index in [0.29, 0.717) is 24.5 Å². The van der Waals surface area contributed by atoms with Gasteiger partial charge < -0.3 is 15.1 Å². The lowest BCUT2D eigenvalue weighted by Crippen LogP contribution is -2.76. The fraction of sp³-hybridized carbons (Fsp3) is 0.452. The van der Waals surface area contributed by atoms with Crippen LogP contribution in [0.4, 0.5) is 4.79 Å². The van der Waals surface area contributed by atoms with Gasteiger partial charge in [-0.15, -0.1) is 6.42 Å². The van der Waals surface area contributed by atoms with Gasteiger partial charge in [0.25, 0.3) is 0 Å². The monoisotopic (exact) mass is 563 g/mol. The molecule has 1 unspecified atom stereocenters. The number of nitrogens with one attached hydrogen (secondary N) is 1. The summed E-state index contributed by atoms with van der Waals surface area (Å²) in [6, 6.07) is 15.8. The first-order chi connectivity index (χ1) is 19.4. The van der Waals surface area contributed by atoms with Crippen molar-refractivity contribution in [2.45, 2.75) is 64.2 Å². The van der Waals surface area contributed by atoms with Crippen LogP contribution in [0, 0.1) is 12.3 Å². The average Bonchev–Trinajstić information content (AvgIpc) is 2.95. The van der Waals surface area contributed by atoms with Gasteiger partial charge in [-0.05, 0) is 29.7 Å². The third kappa shape index (κ3) is 7.15. The Morgan fingerprint density at radius 1 is 1.02 bits per heavy atom. The Bertz CT molecular complexity index is 1200. The van der Waals surface area contributed by atoms with Crippen LogP contribution >= 0.6 is 11.6 Å². The van der Waals surface area contributed by atoms with Crippen LogP contribution in [0.2, 0.25) is 5.02 Å². The van der Waals surface area contributed by atoms with E-state index < -0.39 is 12.2 Å². The molecule has 2 heterocycles. The fourth-order valence-electron chi connectivity index (χ4n) is 5.44. The summed E-state index contributed by atoms with van der Waals surface area (Å²) in [5, 5.41) is 6.75. The highest BCUT2D eigenvalue weighted by Gasteiger charge is 2.51. The number of benzene rings is 2. The molecule has 0 bridgehead atoms. The number of hydrogen-bond donors (Lipinski definition) is 1. The van der Waals surface area contributed by atoms with E-state index in [1.54, 1.807) is 27.1 Å². The standard InChI is InChI=1S/C31H38ClN5O3/c1-3-5-6-7-11-19-34-22-28-36(27(30(34)39)20-24-14-16-26(32)17-15-24)29(38)23-35(18-4-2)37(28)31(40)33-21-25-12-9-8-10-13-25/h2,8-10,12-17,27-28H,3,5-7,11,18-23H2,1H3,(H,33,40)/t27?,28-/m0/s1. The summed E-state index contributed by atoms with van der Waals surface area (Å²) >= 11 is 6.09. The largest absolute Gasteiger partial charge is 0.337 e. The number of fused-ring (bicyclic) bond motifs is 1. The fourth-order valence-corrected chi connectivity index (χ4v) is 5.57. The maximum absolute atomic E-state index is 13.9. The van der Waals surface area contributed by atoms with Crippen LogP contribution in [0.5, 0.6) is 0 Å². The van der Waals surface area contributed by atoms with E-state index in [1.807, 2.05) is 47.4 Å². The van der Waals surface area contributed by atoms with E-state index in [2.05, 4.69) is 18.2 Å². The zero-order valence-corrected chi connectivity index (χ0v) is 23.9. The highest BCUT2D eigenvalue weighted by Crippen LogP contribution is 2.29. The zero-order valence-electron chi connectivity index (χ0n) is 23.1. The quantitative estimate of drug-likeness (QED) is 0.327. The van der Waals surface area contributed by atoms with Crippen LogP contribution in [0.1, 0.15) is 50.2 Å². The number of carbonyl (C=O) groups is 3. The molecule has 1 N–H and O–H groups in total. The predicted octanol–water partition coefficient (Wildman–Crippen LogP) is 4.29. The molecule has 212 valence electrons. The van der Waals surface area contributed by atoms with Gasteiger partial charge in [-0.2, -0.15) is 5.01 Å². The summed E-state index contributed by atoms with van der Waals surface area (Å²) in [7, 11) is 0. The Labute approximate surface area is 242 Å². The average molecular weight is 564 g/mol. The SMILES string of the molecule is C#CCN1CC(=O)N2C(Cc3ccc(Cl)cc3)C(=O)N(CCCCCCC)C[C@@H]2N1C(=O)NCc1ccccc1. The van der Waals surface area contributed by atoms with Crippen molar-refractivity contribution in [1.29, 1.82) is 0 Å². The van der Waals surface area contributed by atoms with Gasteiger partial charge in [0.05, 0.1) is 19.6 Å². The van der Waals surface area contributed by atoms with Gasteiger partial charge >= 0.3 is 6.03 Å². The van der Waals surface area contributed by atoms with Gasteiger partial charge in [0.15, 0.2) is 0 Å². The number of amides is 4. The molecule has 2 atom stereocenters. The number of nitrogens with zero attached hydrogens (tertiary/aromatic N) is 4. The van der Waals surface area contributed by atoms with Gasteiger partial charge in [-0.25, -0.2) is 9.80 Å². The van der Waals surface area contributed by atoms with E-state index in [9.17, 15) is 14.4 Å². The molecule has 40 heavy (non-hydrogen) atoms. The Kier molecular flexibility index (Phi) is 10.5. The van der Waals surface area contributed by atoms with Crippen LogP contribution in [-0.4, -0.2) is 76.0 Å². The molecule has 0 spiro atoms. The number of unbranched alkanes of at least 4 members (excludes halogenated alkanes) is 4. The number of hydrazine groups is 1. The summed E-state index contributed by atoms with van der Waals surface area (Å²) in [6.45, 7) is 3.32. The Morgan fingerprint density at radius 2 is 1.75 bits per heavy atom.